The first kappa shape index (κ1) is 15.5. The van der Waals surface area contributed by atoms with E-state index >= 15 is 0 Å². The summed E-state index contributed by atoms with van der Waals surface area (Å²) in [5, 5.41) is 0. The minimum atomic E-state index is 0.328. The van der Waals surface area contributed by atoms with Crippen molar-refractivity contribution >= 4 is 0 Å². The maximum Gasteiger partial charge on any atom is 0.0594 e. The van der Waals surface area contributed by atoms with Crippen molar-refractivity contribution in [3.63, 3.8) is 0 Å². The van der Waals surface area contributed by atoms with Crippen LogP contribution < -0.4 is 0 Å². The van der Waals surface area contributed by atoms with Gasteiger partial charge in [-0.05, 0) is 24.8 Å². The molecule has 0 atom stereocenters. The number of benzene rings is 1. The van der Waals surface area contributed by atoms with Crippen LogP contribution in [0, 0.1) is 0 Å². The molecule has 0 saturated carbocycles. The van der Waals surface area contributed by atoms with Crippen LogP contribution in [0.1, 0.15) is 45.1 Å². The molecule has 1 aromatic carbocycles. The molecule has 1 fully saturated rings. The summed E-state index contributed by atoms with van der Waals surface area (Å²) in [6, 6.07) is 11.0. The van der Waals surface area contributed by atoms with Crippen LogP contribution >= 0.6 is 0 Å². The maximum atomic E-state index is 5.56. The fraction of sp³-hybridized carbons (Fsp3) is 0.667. The summed E-state index contributed by atoms with van der Waals surface area (Å²) in [5.41, 5.74) is 1.80. The Kier molecular flexibility index (Phi) is 6.06. The summed E-state index contributed by atoms with van der Waals surface area (Å²) in [6.07, 6.45) is 6.26. The largest absolute Gasteiger partial charge is 0.379 e. The van der Waals surface area contributed by atoms with Crippen LogP contribution in [-0.2, 0) is 11.2 Å². The highest BCUT2D eigenvalue weighted by Crippen LogP contribution is 2.32. The molecule has 0 N–H and O–H groups in total. The minimum Gasteiger partial charge on any atom is -0.379 e. The van der Waals surface area contributed by atoms with Gasteiger partial charge in [0.2, 0.25) is 0 Å². The van der Waals surface area contributed by atoms with Gasteiger partial charge in [-0.25, -0.2) is 0 Å². The lowest BCUT2D eigenvalue weighted by atomic mass is 9.80. The van der Waals surface area contributed by atoms with E-state index in [1.54, 1.807) is 0 Å². The zero-order chi connectivity index (χ0) is 14.3. The van der Waals surface area contributed by atoms with Crippen LogP contribution in [0.5, 0.6) is 0 Å². The van der Waals surface area contributed by atoms with Crippen LogP contribution in [0.25, 0.3) is 0 Å². The smallest absolute Gasteiger partial charge is 0.0594 e. The van der Waals surface area contributed by atoms with E-state index in [1.807, 2.05) is 0 Å². The lowest BCUT2D eigenvalue weighted by Gasteiger charge is -2.46. The van der Waals surface area contributed by atoms with E-state index in [0.717, 1.165) is 26.3 Å². The molecule has 1 aromatic rings. The molecule has 0 unspecified atom stereocenters. The van der Waals surface area contributed by atoms with Gasteiger partial charge < -0.3 is 4.74 Å². The molecule has 0 aromatic heterocycles. The second kappa shape index (κ2) is 7.80. The quantitative estimate of drug-likeness (QED) is 0.748. The van der Waals surface area contributed by atoms with Gasteiger partial charge in [0.1, 0.15) is 0 Å². The Hall–Kier alpha value is -0.860. The molecule has 0 aliphatic carbocycles. The SMILES string of the molecule is CCCC(CCC)(Cc1ccccc1)N1CCOCC1. The Bertz CT molecular complexity index is 364. The molecular weight excluding hydrogens is 246 g/mol. The molecule has 112 valence electrons. The van der Waals surface area contributed by atoms with Crippen molar-refractivity contribution in [2.24, 2.45) is 0 Å². The Morgan fingerprint density at radius 1 is 1.00 bits per heavy atom. The fourth-order valence-corrected chi connectivity index (χ4v) is 3.67. The Labute approximate surface area is 124 Å². The van der Waals surface area contributed by atoms with Crippen LogP contribution in [0.4, 0.5) is 0 Å². The standard InChI is InChI=1S/C18H29NO/c1-3-10-18(11-4-2,19-12-14-20-15-13-19)16-17-8-6-5-7-9-17/h5-9H,3-4,10-16H2,1-2H3. The maximum absolute atomic E-state index is 5.56. The summed E-state index contributed by atoms with van der Waals surface area (Å²) in [5.74, 6) is 0. The lowest BCUT2D eigenvalue weighted by molar-refractivity contribution is -0.0305. The molecule has 0 bridgehead atoms. The molecule has 2 rings (SSSR count). The van der Waals surface area contributed by atoms with Gasteiger partial charge in [0.15, 0.2) is 0 Å². The third-order valence-electron chi connectivity index (χ3n) is 4.49. The average molecular weight is 275 g/mol. The van der Waals surface area contributed by atoms with Crippen LogP contribution in [-0.4, -0.2) is 36.7 Å². The van der Waals surface area contributed by atoms with Gasteiger partial charge in [-0.3, -0.25) is 4.90 Å². The second-order valence-electron chi connectivity index (χ2n) is 5.99. The normalized spacial score (nSPS) is 17.3. The first-order chi connectivity index (χ1) is 9.80. The van der Waals surface area contributed by atoms with Crippen molar-refractivity contribution in [2.75, 3.05) is 26.3 Å². The van der Waals surface area contributed by atoms with E-state index in [2.05, 4.69) is 49.1 Å². The van der Waals surface area contributed by atoms with E-state index in [1.165, 1.54) is 37.7 Å². The summed E-state index contributed by atoms with van der Waals surface area (Å²) in [6.45, 7) is 8.60. The predicted octanol–water partition coefficient (Wildman–Crippen LogP) is 3.90. The van der Waals surface area contributed by atoms with Gasteiger partial charge in [0, 0.05) is 18.6 Å². The van der Waals surface area contributed by atoms with Crippen molar-refractivity contribution in [3.05, 3.63) is 35.9 Å². The molecule has 2 heteroatoms. The Balaban J connectivity index is 2.20. The molecule has 1 aliphatic rings. The Morgan fingerprint density at radius 3 is 2.15 bits per heavy atom. The molecule has 1 heterocycles. The summed E-state index contributed by atoms with van der Waals surface area (Å²) in [4.78, 5) is 2.70. The molecule has 2 nitrogen and oxygen atoms in total. The van der Waals surface area contributed by atoms with E-state index in [-0.39, 0.29) is 0 Å². The highest BCUT2D eigenvalue weighted by atomic mass is 16.5. The fourth-order valence-electron chi connectivity index (χ4n) is 3.67. The highest BCUT2D eigenvalue weighted by Gasteiger charge is 2.35. The number of morpholine rings is 1. The van der Waals surface area contributed by atoms with Crippen molar-refractivity contribution in [1.82, 2.24) is 4.90 Å². The molecule has 0 spiro atoms. The third-order valence-corrected chi connectivity index (χ3v) is 4.49. The number of nitrogens with zero attached hydrogens (tertiary/aromatic N) is 1. The van der Waals surface area contributed by atoms with E-state index in [4.69, 9.17) is 4.74 Å². The van der Waals surface area contributed by atoms with Gasteiger partial charge in [0.05, 0.1) is 13.2 Å². The zero-order valence-corrected chi connectivity index (χ0v) is 13.1. The molecular formula is C18H29NO. The third kappa shape index (κ3) is 3.83. The number of rotatable bonds is 7. The molecule has 1 saturated heterocycles. The first-order valence-corrected chi connectivity index (χ1v) is 8.17. The monoisotopic (exact) mass is 275 g/mol. The molecule has 0 radical (unpaired) electrons. The zero-order valence-electron chi connectivity index (χ0n) is 13.1. The van der Waals surface area contributed by atoms with Crippen molar-refractivity contribution in [2.45, 2.75) is 51.5 Å². The van der Waals surface area contributed by atoms with Crippen LogP contribution in [0.3, 0.4) is 0 Å². The molecule has 1 aliphatic heterocycles. The van der Waals surface area contributed by atoms with Gasteiger partial charge >= 0.3 is 0 Å². The number of ether oxygens (including phenoxy) is 1. The summed E-state index contributed by atoms with van der Waals surface area (Å²) < 4.78 is 5.56. The average Bonchev–Trinajstić information content (AvgIpc) is 2.49. The number of hydrogen-bond donors (Lipinski definition) is 0. The van der Waals surface area contributed by atoms with Gasteiger partial charge in [-0.15, -0.1) is 0 Å². The van der Waals surface area contributed by atoms with Crippen molar-refractivity contribution in [3.8, 4) is 0 Å². The topological polar surface area (TPSA) is 12.5 Å². The van der Waals surface area contributed by atoms with Gasteiger partial charge in [-0.2, -0.15) is 0 Å². The summed E-state index contributed by atoms with van der Waals surface area (Å²) >= 11 is 0. The van der Waals surface area contributed by atoms with Gasteiger partial charge in [0.25, 0.3) is 0 Å². The van der Waals surface area contributed by atoms with E-state index in [9.17, 15) is 0 Å². The first-order valence-electron chi connectivity index (χ1n) is 8.17. The lowest BCUT2D eigenvalue weighted by Crippen LogP contribution is -2.54. The molecule has 20 heavy (non-hydrogen) atoms. The van der Waals surface area contributed by atoms with Crippen molar-refractivity contribution in [1.29, 1.82) is 0 Å². The van der Waals surface area contributed by atoms with E-state index < -0.39 is 0 Å². The van der Waals surface area contributed by atoms with Crippen LogP contribution in [0.15, 0.2) is 30.3 Å². The molecule has 0 amide bonds. The highest BCUT2D eigenvalue weighted by molar-refractivity contribution is 5.18. The van der Waals surface area contributed by atoms with Crippen molar-refractivity contribution < 1.29 is 4.74 Å². The predicted molar refractivity (Wildman–Crippen MR) is 85.1 cm³/mol. The minimum absolute atomic E-state index is 0.328. The second-order valence-corrected chi connectivity index (χ2v) is 5.99. The number of hydrogen-bond acceptors (Lipinski definition) is 2. The Morgan fingerprint density at radius 2 is 1.60 bits per heavy atom. The summed E-state index contributed by atoms with van der Waals surface area (Å²) in [7, 11) is 0. The van der Waals surface area contributed by atoms with Gasteiger partial charge in [-0.1, -0.05) is 57.0 Å². The van der Waals surface area contributed by atoms with E-state index in [0.29, 0.717) is 5.54 Å². The van der Waals surface area contributed by atoms with Crippen LogP contribution in [0.2, 0.25) is 0 Å².